The molecular weight excluding hydrogens is 190 g/mol. The van der Waals surface area contributed by atoms with Gasteiger partial charge in [-0.2, -0.15) is 0 Å². The normalized spacial score (nSPS) is 11.0. The molecule has 0 fully saturated rings. The van der Waals surface area contributed by atoms with Gasteiger partial charge in [-0.15, -0.1) is 0 Å². The van der Waals surface area contributed by atoms with Gasteiger partial charge < -0.3 is 10.8 Å². The quantitative estimate of drug-likeness (QED) is 0.776. The van der Waals surface area contributed by atoms with Crippen LogP contribution >= 0.6 is 0 Å². The first kappa shape index (κ1) is 11.0. The van der Waals surface area contributed by atoms with E-state index in [0.29, 0.717) is 11.1 Å². The van der Waals surface area contributed by atoms with E-state index in [1.165, 1.54) is 6.20 Å². The first-order valence-corrected chi connectivity index (χ1v) is 4.18. The molecular formula is C9H12F2N2O. The molecule has 0 radical (unpaired) electrons. The highest BCUT2D eigenvalue weighted by molar-refractivity contribution is 5.36. The maximum Gasteiger partial charge on any atom is 0.265 e. The number of pyridine rings is 1. The van der Waals surface area contributed by atoms with Crippen molar-refractivity contribution in [3.05, 3.63) is 28.6 Å². The molecule has 3 N–H and O–H groups in total. The van der Waals surface area contributed by atoms with E-state index < -0.39 is 13.0 Å². The van der Waals surface area contributed by atoms with Gasteiger partial charge in [-0.25, -0.2) is 8.78 Å². The monoisotopic (exact) mass is 202 g/mol. The summed E-state index contributed by atoms with van der Waals surface area (Å²) in [5.74, 6) is 0. The summed E-state index contributed by atoms with van der Waals surface area (Å²) in [6.45, 7) is 1.25. The smallest absolute Gasteiger partial charge is 0.265 e. The number of nitrogens with zero attached hydrogens (tertiary/aromatic N) is 1. The van der Waals surface area contributed by atoms with Gasteiger partial charge in [-0.1, -0.05) is 0 Å². The van der Waals surface area contributed by atoms with Crippen molar-refractivity contribution >= 4 is 0 Å². The molecule has 1 aromatic heterocycles. The Morgan fingerprint density at radius 2 is 2.21 bits per heavy atom. The lowest BCUT2D eigenvalue weighted by Gasteiger charge is -2.12. The fraction of sp³-hybridized carbons (Fsp3) is 0.444. The van der Waals surface area contributed by atoms with E-state index in [4.69, 9.17) is 10.8 Å². The van der Waals surface area contributed by atoms with Crippen molar-refractivity contribution in [3.63, 3.8) is 0 Å². The van der Waals surface area contributed by atoms with Gasteiger partial charge >= 0.3 is 0 Å². The van der Waals surface area contributed by atoms with Crippen molar-refractivity contribution in [1.82, 2.24) is 4.98 Å². The van der Waals surface area contributed by atoms with E-state index in [1.54, 1.807) is 6.92 Å². The maximum atomic E-state index is 12.6. The summed E-state index contributed by atoms with van der Waals surface area (Å²) in [5.41, 5.74) is 6.19. The first-order valence-electron chi connectivity index (χ1n) is 4.18. The number of aromatic nitrogens is 1. The molecule has 5 heteroatoms. The van der Waals surface area contributed by atoms with Crippen LogP contribution in [0.15, 0.2) is 6.20 Å². The molecule has 78 valence electrons. The van der Waals surface area contributed by atoms with Crippen LogP contribution in [0.3, 0.4) is 0 Å². The average molecular weight is 202 g/mol. The van der Waals surface area contributed by atoms with Gasteiger partial charge in [-0.05, 0) is 18.1 Å². The molecule has 0 unspecified atom stereocenters. The Hall–Kier alpha value is -1.07. The zero-order valence-electron chi connectivity index (χ0n) is 7.80. The predicted octanol–water partition coefficient (Wildman–Crippen LogP) is 1.28. The molecule has 0 aliphatic heterocycles. The molecule has 0 saturated carbocycles. The summed E-state index contributed by atoms with van der Waals surface area (Å²) in [5, 5.41) is 8.83. The van der Waals surface area contributed by atoms with Crippen LogP contribution in [-0.4, -0.2) is 10.1 Å². The van der Waals surface area contributed by atoms with Crippen LogP contribution in [0.2, 0.25) is 0 Å². The Bertz CT molecular complexity index is 329. The Morgan fingerprint density at radius 3 is 2.64 bits per heavy atom. The minimum Gasteiger partial charge on any atom is -0.390 e. The Balaban J connectivity index is 3.31. The zero-order chi connectivity index (χ0) is 10.7. The fourth-order valence-electron chi connectivity index (χ4n) is 1.33. The molecule has 0 spiro atoms. The minimum atomic E-state index is -2.63. The summed E-state index contributed by atoms with van der Waals surface area (Å²) in [6, 6.07) is 0. The number of aliphatic hydroxyl groups excluding tert-OH is 1. The zero-order valence-corrected chi connectivity index (χ0v) is 7.80. The van der Waals surface area contributed by atoms with Crippen molar-refractivity contribution in [2.24, 2.45) is 5.73 Å². The number of hydrogen-bond acceptors (Lipinski definition) is 3. The molecule has 1 aromatic rings. The van der Waals surface area contributed by atoms with Crippen LogP contribution < -0.4 is 5.73 Å². The summed E-state index contributed by atoms with van der Waals surface area (Å²) >= 11 is 0. The Morgan fingerprint density at radius 1 is 1.57 bits per heavy atom. The highest BCUT2D eigenvalue weighted by Gasteiger charge is 2.18. The van der Waals surface area contributed by atoms with Crippen LogP contribution in [0.5, 0.6) is 0 Å². The van der Waals surface area contributed by atoms with Crippen LogP contribution in [0.25, 0.3) is 0 Å². The van der Waals surface area contributed by atoms with Crippen molar-refractivity contribution in [3.8, 4) is 0 Å². The highest BCUT2D eigenvalue weighted by atomic mass is 19.3. The SMILES string of the molecule is Cc1c(CN)cnc(CO)c1C(F)F. The summed E-state index contributed by atoms with van der Waals surface area (Å²) in [4.78, 5) is 3.74. The van der Waals surface area contributed by atoms with E-state index in [1.807, 2.05) is 0 Å². The van der Waals surface area contributed by atoms with Gasteiger partial charge in [0, 0.05) is 18.3 Å². The van der Waals surface area contributed by atoms with Crippen LogP contribution in [-0.2, 0) is 13.2 Å². The van der Waals surface area contributed by atoms with Crippen molar-refractivity contribution < 1.29 is 13.9 Å². The Kier molecular flexibility index (Phi) is 3.49. The first-order chi connectivity index (χ1) is 6.61. The molecule has 0 aliphatic carbocycles. The van der Waals surface area contributed by atoms with E-state index in [-0.39, 0.29) is 17.8 Å². The highest BCUT2D eigenvalue weighted by Crippen LogP contribution is 2.27. The summed E-state index contributed by atoms with van der Waals surface area (Å²) in [7, 11) is 0. The minimum absolute atomic E-state index is 0.0229. The van der Waals surface area contributed by atoms with Gasteiger partial charge in [0.1, 0.15) is 0 Å². The molecule has 14 heavy (non-hydrogen) atoms. The predicted molar refractivity (Wildman–Crippen MR) is 47.7 cm³/mol. The fourth-order valence-corrected chi connectivity index (χ4v) is 1.33. The summed E-state index contributed by atoms with van der Waals surface area (Å²) in [6.07, 6.45) is -1.21. The largest absolute Gasteiger partial charge is 0.390 e. The number of rotatable bonds is 3. The molecule has 1 rings (SSSR count). The maximum absolute atomic E-state index is 12.6. The van der Waals surface area contributed by atoms with Crippen LogP contribution in [0.1, 0.15) is 28.8 Å². The number of halogens is 2. The van der Waals surface area contributed by atoms with Gasteiger partial charge in [0.15, 0.2) is 0 Å². The second kappa shape index (κ2) is 4.43. The number of alkyl halides is 2. The number of hydrogen-bond donors (Lipinski definition) is 2. The van der Waals surface area contributed by atoms with Crippen molar-refractivity contribution in [2.45, 2.75) is 26.5 Å². The third-order valence-electron chi connectivity index (χ3n) is 2.16. The van der Waals surface area contributed by atoms with Crippen molar-refractivity contribution in [1.29, 1.82) is 0 Å². The second-order valence-electron chi connectivity index (χ2n) is 2.93. The molecule has 0 bridgehead atoms. The van der Waals surface area contributed by atoms with Crippen LogP contribution in [0.4, 0.5) is 8.78 Å². The summed E-state index contributed by atoms with van der Waals surface area (Å²) < 4.78 is 25.2. The Labute approximate surface area is 80.6 Å². The van der Waals surface area contributed by atoms with Gasteiger partial charge in [-0.3, -0.25) is 4.98 Å². The van der Waals surface area contributed by atoms with Gasteiger partial charge in [0.05, 0.1) is 12.3 Å². The van der Waals surface area contributed by atoms with E-state index in [9.17, 15) is 8.78 Å². The standard InChI is InChI=1S/C9H12F2N2O/c1-5-6(2-12)3-13-7(4-14)8(5)9(10)11/h3,9,14H,2,4,12H2,1H3. The second-order valence-corrected chi connectivity index (χ2v) is 2.93. The molecule has 0 amide bonds. The lowest BCUT2D eigenvalue weighted by atomic mass is 10.0. The van der Waals surface area contributed by atoms with E-state index >= 15 is 0 Å². The lowest BCUT2D eigenvalue weighted by molar-refractivity contribution is 0.145. The third kappa shape index (κ3) is 1.88. The molecule has 0 saturated heterocycles. The third-order valence-corrected chi connectivity index (χ3v) is 2.16. The topological polar surface area (TPSA) is 59.1 Å². The lowest BCUT2D eigenvalue weighted by Crippen LogP contribution is -2.08. The molecule has 0 aromatic carbocycles. The molecule has 0 atom stereocenters. The number of aliphatic hydroxyl groups is 1. The van der Waals surface area contributed by atoms with Gasteiger partial charge in [0.2, 0.25) is 0 Å². The van der Waals surface area contributed by atoms with Gasteiger partial charge in [0.25, 0.3) is 6.43 Å². The molecule has 3 nitrogen and oxygen atoms in total. The molecule has 0 aliphatic rings. The van der Waals surface area contributed by atoms with Crippen molar-refractivity contribution in [2.75, 3.05) is 0 Å². The van der Waals surface area contributed by atoms with E-state index in [0.717, 1.165) is 0 Å². The van der Waals surface area contributed by atoms with Crippen LogP contribution in [0, 0.1) is 6.92 Å². The average Bonchev–Trinajstić information content (AvgIpc) is 2.16. The van der Waals surface area contributed by atoms with E-state index in [2.05, 4.69) is 4.98 Å². The molecule has 1 heterocycles. The number of nitrogens with two attached hydrogens (primary N) is 1.